The lowest BCUT2D eigenvalue weighted by Gasteiger charge is -2.15. The van der Waals surface area contributed by atoms with Crippen LogP contribution in [0.3, 0.4) is 0 Å². The van der Waals surface area contributed by atoms with E-state index in [2.05, 4.69) is 25.6 Å². The van der Waals surface area contributed by atoms with Gasteiger partial charge in [-0.3, -0.25) is 4.57 Å². The highest BCUT2D eigenvalue weighted by Gasteiger charge is 2.18. The molecule has 0 aliphatic carbocycles. The molecule has 2 N–H and O–H groups in total. The molecule has 0 aliphatic rings. The topological polar surface area (TPSA) is 130 Å². The monoisotopic (exact) mass is 469 g/mol. The first kappa shape index (κ1) is 22.1. The predicted molar refractivity (Wildman–Crippen MR) is 126 cm³/mol. The molecule has 0 aliphatic heterocycles. The molecule has 4 aromatic heterocycles. The van der Waals surface area contributed by atoms with Crippen molar-refractivity contribution in [2.24, 2.45) is 0 Å². The third-order valence-electron chi connectivity index (χ3n) is 5.49. The van der Waals surface area contributed by atoms with E-state index >= 15 is 4.39 Å². The number of halogens is 1. The molecular weight excluding hydrogens is 449 g/mol. The summed E-state index contributed by atoms with van der Waals surface area (Å²) in [6.07, 6.45) is 0.723. The molecule has 0 amide bonds. The third kappa shape index (κ3) is 4.07. The van der Waals surface area contributed by atoms with Crippen LogP contribution in [0.1, 0.15) is 35.7 Å². The van der Waals surface area contributed by atoms with Crippen LogP contribution in [0.5, 0.6) is 0 Å². The Labute approximate surface area is 199 Å². The number of nitrogens with zero attached hydrogens (tertiary/aromatic N) is 8. The first-order valence-electron chi connectivity index (χ1n) is 10.7. The van der Waals surface area contributed by atoms with E-state index in [4.69, 9.17) is 4.98 Å². The van der Waals surface area contributed by atoms with Gasteiger partial charge in [-0.2, -0.15) is 15.5 Å². The minimum Gasteiger partial charge on any atom is -0.389 e. The normalized spacial score (nSPS) is 12.0. The van der Waals surface area contributed by atoms with Crippen LogP contribution in [0.4, 0.5) is 15.9 Å². The third-order valence-corrected chi connectivity index (χ3v) is 5.49. The van der Waals surface area contributed by atoms with Gasteiger partial charge in [-0.15, -0.1) is 5.10 Å². The van der Waals surface area contributed by atoms with Gasteiger partial charge >= 0.3 is 0 Å². The summed E-state index contributed by atoms with van der Waals surface area (Å²) in [7, 11) is 0. The van der Waals surface area contributed by atoms with Gasteiger partial charge in [0.1, 0.15) is 24.0 Å². The van der Waals surface area contributed by atoms with Crippen LogP contribution in [0, 0.1) is 31.0 Å². The fourth-order valence-corrected chi connectivity index (χ4v) is 3.73. The van der Waals surface area contributed by atoms with Crippen LogP contribution in [0.25, 0.3) is 22.7 Å². The summed E-state index contributed by atoms with van der Waals surface area (Å²) in [5.74, 6) is 0.739. The predicted octanol–water partition coefficient (Wildman–Crippen LogP) is 3.82. The second kappa shape index (κ2) is 8.58. The minimum atomic E-state index is -0.823. The Morgan fingerprint density at radius 1 is 1.11 bits per heavy atom. The second-order valence-corrected chi connectivity index (χ2v) is 8.07. The van der Waals surface area contributed by atoms with Crippen LogP contribution >= 0.6 is 0 Å². The first-order valence-corrected chi connectivity index (χ1v) is 10.7. The number of imidazole rings is 1. The summed E-state index contributed by atoms with van der Waals surface area (Å²) in [6.45, 7) is 5.24. The van der Waals surface area contributed by atoms with Crippen molar-refractivity contribution in [2.75, 3.05) is 5.32 Å². The van der Waals surface area contributed by atoms with E-state index in [0.717, 1.165) is 5.69 Å². The zero-order chi connectivity index (χ0) is 24.7. The summed E-state index contributed by atoms with van der Waals surface area (Å²) in [5.41, 5.74) is 3.47. The van der Waals surface area contributed by atoms with E-state index in [0.29, 0.717) is 39.7 Å². The van der Waals surface area contributed by atoms with Gasteiger partial charge < -0.3 is 10.4 Å². The standard InChI is InChI=1S/C24H20FN9O/c1-13-4-6-22(31-30-13)28-19-10-20-21(9-18(19)25)33(12-27-20)23-7-5-17(15(3)35)24(29-23)34-14(2)8-16(11-26)32-34/h4-10,12,15,35H,1-3H3,(H,28,31)/t15-/m1/s1. The van der Waals surface area contributed by atoms with E-state index in [1.54, 1.807) is 61.1 Å². The molecule has 4 heterocycles. The Bertz CT molecular complexity index is 1600. The van der Waals surface area contributed by atoms with E-state index in [1.165, 1.54) is 10.7 Å². The summed E-state index contributed by atoms with van der Waals surface area (Å²) in [5, 5.41) is 34.7. The van der Waals surface area contributed by atoms with Crippen molar-refractivity contribution >= 4 is 22.5 Å². The molecule has 0 bridgehead atoms. The van der Waals surface area contributed by atoms with Crippen molar-refractivity contribution in [3.8, 4) is 17.7 Å². The highest BCUT2D eigenvalue weighted by Crippen LogP contribution is 2.28. The van der Waals surface area contributed by atoms with Gasteiger partial charge in [0.05, 0.1) is 28.5 Å². The molecule has 1 atom stereocenters. The van der Waals surface area contributed by atoms with Crippen LogP contribution in [-0.4, -0.2) is 39.6 Å². The number of nitriles is 1. The smallest absolute Gasteiger partial charge is 0.163 e. The fraction of sp³-hybridized carbons (Fsp3) is 0.167. The SMILES string of the molecule is Cc1ccc(Nc2cc3ncn(-c4ccc([C@@H](C)O)c(-n5nc(C#N)cc5C)n4)c3cc2F)nn1. The van der Waals surface area contributed by atoms with Gasteiger partial charge in [0, 0.05) is 17.3 Å². The van der Waals surface area contributed by atoms with Crippen molar-refractivity contribution < 1.29 is 9.50 Å². The van der Waals surface area contributed by atoms with E-state index in [-0.39, 0.29) is 11.4 Å². The molecular formula is C24H20FN9O. The number of hydrogen-bond acceptors (Lipinski definition) is 8. The number of aliphatic hydroxyl groups excluding tert-OH is 1. The molecule has 1 aromatic carbocycles. The number of anilines is 2. The Morgan fingerprint density at radius 3 is 2.63 bits per heavy atom. The maximum Gasteiger partial charge on any atom is 0.163 e. The highest BCUT2D eigenvalue weighted by molar-refractivity contribution is 5.82. The number of rotatable bonds is 5. The number of aromatic nitrogens is 7. The lowest BCUT2D eigenvalue weighted by molar-refractivity contribution is 0.198. The summed E-state index contributed by atoms with van der Waals surface area (Å²) in [4.78, 5) is 9.10. The molecule has 0 unspecified atom stereocenters. The molecule has 0 radical (unpaired) electrons. The van der Waals surface area contributed by atoms with Crippen LogP contribution in [0.15, 0.2) is 48.8 Å². The zero-order valence-corrected chi connectivity index (χ0v) is 19.1. The summed E-state index contributed by atoms with van der Waals surface area (Å²) in [6, 6.07) is 13.5. The van der Waals surface area contributed by atoms with Gasteiger partial charge in [-0.25, -0.2) is 19.0 Å². The van der Waals surface area contributed by atoms with Crippen molar-refractivity contribution in [2.45, 2.75) is 26.9 Å². The molecule has 35 heavy (non-hydrogen) atoms. The van der Waals surface area contributed by atoms with Crippen LogP contribution in [-0.2, 0) is 0 Å². The molecule has 5 aromatic rings. The Morgan fingerprint density at radius 2 is 1.94 bits per heavy atom. The molecule has 0 fully saturated rings. The van der Waals surface area contributed by atoms with E-state index in [9.17, 15) is 10.4 Å². The Hall–Kier alpha value is -4.69. The lowest BCUT2D eigenvalue weighted by Crippen LogP contribution is -2.11. The van der Waals surface area contributed by atoms with Crippen molar-refractivity contribution in [1.82, 2.24) is 34.5 Å². The van der Waals surface area contributed by atoms with E-state index in [1.807, 2.05) is 13.0 Å². The van der Waals surface area contributed by atoms with Crippen LogP contribution < -0.4 is 5.32 Å². The highest BCUT2D eigenvalue weighted by atomic mass is 19.1. The number of nitrogens with one attached hydrogen (secondary N) is 1. The summed E-state index contributed by atoms with van der Waals surface area (Å²) >= 11 is 0. The van der Waals surface area contributed by atoms with E-state index < -0.39 is 11.9 Å². The van der Waals surface area contributed by atoms with Gasteiger partial charge in [-0.1, -0.05) is 0 Å². The number of fused-ring (bicyclic) bond motifs is 1. The molecule has 5 rings (SSSR count). The molecule has 0 saturated carbocycles. The Balaban J connectivity index is 1.58. The fourth-order valence-electron chi connectivity index (χ4n) is 3.73. The maximum atomic E-state index is 15.0. The number of aryl methyl sites for hydroxylation is 2. The lowest BCUT2D eigenvalue weighted by atomic mass is 10.1. The summed E-state index contributed by atoms with van der Waals surface area (Å²) < 4.78 is 18.2. The minimum absolute atomic E-state index is 0.218. The van der Waals surface area contributed by atoms with Crippen molar-refractivity contribution in [1.29, 1.82) is 5.26 Å². The molecule has 11 heteroatoms. The maximum absolute atomic E-state index is 15.0. The van der Waals surface area contributed by atoms with Gasteiger partial charge in [0.2, 0.25) is 0 Å². The first-order chi connectivity index (χ1) is 16.8. The average Bonchev–Trinajstić information content (AvgIpc) is 3.43. The van der Waals surface area contributed by atoms with Gasteiger partial charge in [-0.05, 0) is 57.2 Å². The molecule has 10 nitrogen and oxygen atoms in total. The number of pyridine rings is 1. The molecule has 0 spiro atoms. The largest absolute Gasteiger partial charge is 0.389 e. The average molecular weight is 469 g/mol. The molecule has 174 valence electrons. The number of aliphatic hydroxyl groups is 1. The second-order valence-electron chi connectivity index (χ2n) is 8.07. The van der Waals surface area contributed by atoms with Crippen LogP contribution in [0.2, 0.25) is 0 Å². The number of benzene rings is 1. The zero-order valence-electron chi connectivity index (χ0n) is 19.1. The van der Waals surface area contributed by atoms with Gasteiger partial charge in [0.15, 0.2) is 17.3 Å². The Kier molecular flexibility index (Phi) is 5.43. The molecule has 0 saturated heterocycles. The van der Waals surface area contributed by atoms with Crippen molar-refractivity contribution in [3.63, 3.8) is 0 Å². The van der Waals surface area contributed by atoms with Gasteiger partial charge in [0.25, 0.3) is 0 Å². The quantitative estimate of drug-likeness (QED) is 0.397. The van der Waals surface area contributed by atoms with Crippen molar-refractivity contribution in [3.05, 3.63) is 77.3 Å². The number of hydrogen-bond donors (Lipinski definition) is 2.